The number of nitrogens with zero attached hydrogens (tertiary/aromatic N) is 3. The van der Waals surface area contributed by atoms with Gasteiger partial charge in [-0.15, -0.1) is 10.2 Å². The molecule has 1 aliphatic heterocycles. The van der Waals surface area contributed by atoms with Gasteiger partial charge in [0.15, 0.2) is 15.2 Å². The van der Waals surface area contributed by atoms with E-state index < -0.39 is 6.23 Å². The maximum absolute atomic E-state index is 6.18. The van der Waals surface area contributed by atoms with E-state index in [0.29, 0.717) is 22.5 Å². The summed E-state index contributed by atoms with van der Waals surface area (Å²) in [5.41, 5.74) is 2.38. The molecule has 9 heteroatoms. The van der Waals surface area contributed by atoms with Gasteiger partial charge in [0.25, 0.3) is 0 Å². The lowest BCUT2D eigenvalue weighted by Crippen LogP contribution is -2.16. The fourth-order valence-corrected chi connectivity index (χ4v) is 4.29. The number of aromatic nitrogens is 3. The summed E-state index contributed by atoms with van der Waals surface area (Å²) in [6, 6.07) is 9.73. The van der Waals surface area contributed by atoms with Gasteiger partial charge in [0.1, 0.15) is 0 Å². The van der Waals surface area contributed by atoms with Crippen molar-refractivity contribution in [2.24, 2.45) is 0 Å². The first-order valence-corrected chi connectivity index (χ1v) is 11.4. The molecule has 1 unspecified atom stereocenters. The van der Waals surface area contributed by atoms with Crippen LogP contribution < -0.4 is 10.1 Å². The second-order valence-electron chi connectivity index (χ2n) is 5.92. The maximum atomic E-state index is 6.18. The summed E-state index contributed by atoms with van der Waals surface area (Å²) in [5, 5.41) is 12.7. The van der Waals surface area contributed by atoms with Gasteiger partial charge in [0.2, 0.25) is 17.3 Å². The van der Waals surface area contributed by atoms with E-state index in [0.717, 1.165) is 38.1 Å². The first kappa shape index (κ1) is 19.0. The van der Waals surface area contributed by atoms with E-state index >= 15 is 0 Å². The molecule has 27 heavy (non-hydrogen) atoms. The van der Waals surface area contributed by atoms with Gasteiger partial charge in [-0.2, -0.15) is 4.98 Å². The van der Waals surface area contributed by atoms with Crippen molar-refractivity contribution in [1.82, 2.24) is 15.2 Å². The number of rotatable bonds is 5. The van der Waals surface area contributed by atoms with E-state index in [1.165, 1.54) is 0 Å². The van der Waals surface area contributed by atoms with Gasteiger partial charge < -0.3 is 14.5 Å². The van der Waals surface area contributed by atoms with Crippen molar-refractivity contribution >= 4 is 56.0 Å². The predicted octanol–water partition coefficient (Wildman–Crippen LogP) is 5.89. The minimum absolute atomic E-state index is 0.449. The first-order chi connectivity index (χ1) is 13.1. The van der Waals surface area contributed by atoms with Gasteiger partial charge in [-0.25, -0.2) is 0 Å². The number of thioether (sulfide) groups is 1. The molecule has 0 amide bonds. The van der Waals surface area contributed by atoms with E-state index in [2.05, 4.69) is 65.9 Å². The molecule has 0 aliphatic carbocycles. The second kappa shape index (κ2) is 8.36. The molecular weight excluding hydrogens is 543 g/mol. The van der Waals surface area contributed by atoms with Crippen LogP contribution in [0.4, 0.5) is 5.69 Å². The third kappa shape index (κ3) is 4.24. The van der Waals surface area contributed by atoms with Crippen molar-refractivity contribution in [3.05, 3.63) is 44.3 Å². The quantitative estimate of drug-likeness (QED) is 0.237. The predicted molar refractivity (Wildman–Crippen MR) is 117 cm³/mol. The number of unbranched alkanes of at least 4 members (excludes halogenated alkanes) is 1. The van der Waals surface area contributed by atoms with Gasteiger partial charge in [0.05, 0.1) is 0 Å². The van der Waals surface area contributed by atoms with Crippen molar-refractivity contribution in [2.45, 2.75) is 31.1 Å². The van der Waals surface area contributed by atoms with Crippen molar-refractivity contribution in [3.63, 3.8) is 0 Å². The van der Waals surface area contributed by atoms with Crippen LogP contribution in [0.1, 0.15) is 31.8 Å². The number of anilines is 1. The normalized spacial score (nSPS) is 15.3. The molecule has 0 spiro atoms. The Hall–Kier alpha value is -1.33. The Morgan fingerprint density at radius 3 is 2.93 bits per heavy atom. The zero-order valence-corrected chi connectivity index (χ0v) is 19.0. The molecule has 0 saturated heterocycles. The Labute approximate surface area is 183 Å². The Bertz CT molecular complexity index is 968. The summed E-state index contributed by atoms with van der Waals surface area (Å²) in [7, 11) is 0. The Morgan fingerprint density at radius 2 is 2.15 bits per heavy atom. The zero-order chi connectivity index (χ0) is 18.8. The van der Waals surface area contributed by atoms with Gasteiger partial charge in [0, 0.05) is 21.5 Å². The molecule has 0 saturated carbocycles. The number of fused-ring (bicyclic) bond motifs is 3. The number of ether oxygens (including phenoxy) is 1. The summed E-state index contributed by atoms with van der Waals surface area (Å²) >= 11 is 7.26. The van der Waals surface area contributed by atoms with Crippen LogP contribution in [0.3, 0.4) is 0 Å². The third-order valence-corrected chi connectivity index (χ3v) is 5.97. The van der Waals surface area contributed by atoms with Crippen molar-refractivity contribution < 1.29 is 9.15 Å². The van der Waals surface area contributed by atoms with Crippen LogP contribution in [0.15, 0.2) is 44.4 Å². The van der Waals surface area contributed by atoms with E-state index in [9.17, 15) is 0 Å². The lowest BCUT2D eigenvalue weighted by molar-refractivity contribution is 0.193. The molecule has 0 bridgehead atoms. The van der Waals surface area contributed by atoms with E-state index in [-0.39, 0.29) is 0 Å². The molecule has 3 heterocycles. The van der Waals surface area contributed by atoms with Crippen LogP contribution in [-0.4, -0.2) is 20.9 Å². The van der Waals surface area contributed by atoms with Crippen LogP contribution in [-0.2, 0) is 0 Å². The number of benzene rings is 1. The number of hydrogen-bond acceptors (Lipinski definition) is 7. The molecule has 0 fully saturated rings. The standard InChI is InChI=1S/C18H16BrIN4O2S/c1-2-3-8-27-18-22-17-15(23-24-18)11-9-10(19)4-5-12(11)21-16(26-17)13-6-7-14(20)25-13/h4-7,9,16,21H,2-3,8H2,1H3. The molecule has 2 aromatic heterocycles. The highest BCUT2D eigenvalue weighted by Gasteiger charge is 2.28. The van der Waals surface area contributed by atoms with Crippen LogP contribution in [0.5, 0.6) is 5.88 Å². The summed E-state index contributed by atoms with van der Waals surface area (Å²) in [4.78, 5) is 4.62. The number of nitrogens with one attached hydrogen (secondary N) is 1. The third-order valence-electron chi connectivity index (χ3n) is 3.97. The van der Waals surface area contributed by atoms with E-state index in [1.54, 1.807) is 11.8 Å². The van der Waals surface area contributed by atoms with E-state index in [4.69, 9.17) is 9.15 Å². The highest BCUT2D eigenvalue weighted by atomic mass is 127. The van der Waals surface area contributed by atoms with Crippen molar-refractivity contribution in [1.29, 1.82) is 0 Å². The minimum atomic E-state index is -0.500. The van der Waals surface area contributed by atoms with Gasteiger partial charge in [-0.1, -0.05) is 41.0 Å². The van der Waals surface area contributed by atoms with Crippen molar-refractivity contribution in [3.8, 4) is 17.1 Å². The molecule has 3 aromatic rings. The Balaban J connectivity index is 1.76. The van der Waals surface area contributed by atoms with Gasteiger partial charge in [-0.05, 0) is 59.3 Å². The lowest BCUT2D eigenvalue weighted by Gasteiger charge is -2.16. The summed E-state index contributed by atoms with van der Waals surface area (Å²) in [5.74, 6) is 2.08. The molecule has 1 aromatic carbocycles. The minimum Gasteiger partial charge on any atom is -0.449 e. The topological polar surface area (TPSA) is 73.1 Å². The summed E-state index contributed by atoms with van der Waals surface area (Å²) in [6.45, 7) is 2.16. The maximum Gasteiger partial charge on any atom is 0.247 e. The van der Waals surface area contributed by atoms with Crippen LogP contribution in [0, 0.1) is 3.77 Å². The van der Waals surface area contributed by atoms with Gasteiger partial charge in [-0.3, -0.25) is 0 Å². The SMILES string of the molecule is CCCCSc1nnc2c(n1)OC(c1ccc(I)o1)Nc1ccc(Br)cc1-2. The molecule has 6 nitrogen and oxygen atoms in total. The summed E-state index contributed by atoms with van der Waals surface area (Å²) < 4.78 is 13.7. The Morgan fingerprint density at radius 1 is 1.26 bits per heavy atom. The molecular formula is C18H16BrIN4O2S. The molecule has 1 N–H and O–H groups in total. The second-order valence-corrected chi connectivity index (χ2v) is 8.97. The van der Waals surface area contributed by atoms with E-state index in [1.807, 2.05) is 30.3 Å². The highest BCUT2D eigenvalue weighted by molar-refractivity contribution is 14.1. The largest absolute Gasteiger partial charge is 0.449 e. The first-order valence-electron chi connectivity index (χ1n) is 8.50. The monoisotopic (exact) mass is 558 g/mol. The van der Waals surface area contributed by atoms with Crippen LogP contribution >= 0.6 is 50.3 Å². The number of hydrogen-bond donors (Lipinski definition) is 1. The lowest BCUT2D eigenvalue weighted by atomic mass is 10.1. The number of halogens is 2. The smallest absolute Gasteiger partial charge is 0.247 e. The average molecular weight is 559 g/mol. The van der Waals surface area contributed by atoms with Crippen LogP contribution in [0.25, 0.3) is 11.3 Å². The molecule has 1 atom stereocenters. The van der Waals surface area contributed by atoms with Crippen molar-refractivity contribution in [2.75, 3.05) is 11.1 Å². The molecule has 140 valence electrons. The highest BCUT2D eigenvalue weighted by Crippen LogP contribution is 2.41. The average Bonchev–Trinajstić information content (AvgIpc) is 3.02. The zero-order valence-electron chi connectivity index (χ0n) is 14.4. The fourth-order valence-electron chi connectivity index (χ4n) is 2.64. The molecule has 1 aliphatic rings. The molecule has 0 radical (unpaired) electrons. The molecule has 4 rings (SSSR count). The fraction of sp³-hybridized carbons (Fsp3) is 0.278. The Kier molecular flexibility index (Phi) is 5.88. The van der Waals surface area contributed by atoms with Crippen LogP contribution in [0.2, 0.25) is 0 Å². The number of furan rings is 1. The summed E-state index contributed by atoms with van der Waals surface area (Å²) in [6.07, 6.45) is 1.74. The van der Waals surface area contributed by atoms with Gasteiger partial charge >= 0.3 is 0 Å².